The first-order valence-electron chi connectivity index (χ1n) is 8.87. The van der Waals surface area contributed by atoms with Crippen LogP contribution in [0.2, 0.25) is 0 Å². The third-order valence-electron chi connectivity index (χ3n) is 5.03. The number of anilines is 1. The maximum Gasteiger partial charge on any atom is 0.224 e. The smallest absolute Gasteiger partial charge is 0.224 e. The van der Waals surface area contributed by atoms with Crippen molar-refractivity contribution in [2.45, 2.75) is 25.4 Å². The summed E-state index contributed by atoms with van der Waals surface area (Å²) in [5.74, 6) is 1.30. The third kappa shape index (κ3) is 4.17. The molecule has 5 heteroatoms. The van der Waals surface area contributed by atoms with E-state index in [0.717, 1.165) is 25.6 Å². The van der Waals surface area contributed by atoms with Gasteiger partial charge < -0.3 is 9.80 Å². The number of likely N-dealkylation sites (N-methyl/N-ethyl adjacent to an activating group) is 1. The lowest BCUT2D eigenvalue weighted by Gasteiger charge is -2.25. The highest BCUT2D eigenvalue weighted by Gasteiger charge is 2.35. The van der Waals surface area contributed by atoms with Crippen LogP contribution in [-0.2, 0) is 6.54 Å². The van der Waals surface area contributed by atoms with Crippen LogP contribution in [0.3, 0.4) is 0 Å². The van der Waals surface area contributed by atoms with Crippen molar-refractivity contribution in [1.29, 1.82) is 0 Å². The standard InChI is InChI=1S/C20H29N5/c1-15-6-8-17(9-7-15)18-13-25(14-19(18)23(2)3)12-16-10-21-20(22-11-16)24(4)5/h6-11,18-19H,12-14H2,1-5H3/t18-,19+/m0/s1. The van der Waals surface area contributed by atoms with Crippen LogP contribution in [0.5, 0.6) is 0 Å². The van der Waals surface area contributed by atoms with E-state index in [2.05, 4.69) is 65.1 Å². The van der Waals surface area contributed by atoms with E-state index in [1.165, 1.54) is 16.7 Å². The Morgan fingerprint density at radius 3 is 2.20 bits per heavy atom. The second-order valence-electron chi connectivity index (χ2n) is 7.53. The quantitative estimate of drug-likeness (QED) is 0.836. The fraction of sp³-hybridized carbons (Fsp3) is 0.500. The molecule has 0 unspecified atom stereocenters. The fourth-order valence-corrected chi connectivity index (χ4v) is 3.58. The van der Waals surface area contributed by atoms with Crippen molar-refractivity contribution in [2.75, 3.05) is 46.2 Å². The molecule has 0 amide bonds. The summed E-state index contributed by atoms with van der Waals surface area (Å²) >= 11 is 0. The number of hydrogen-bond acceptors (Lipinski definition) is 5. The van der Waals surface area contributed by atoms with Crippen molar-refractivity contribution in [3.63, 3.8) is 0 Å². The van der Waals surface area contributed by atoms with Crippen LogP contribution in [0.4, 0.5) is 5.95 Å². The number of aryl methyl sites for hydroxylation is 1. The van der Waals surface area contributed by atoms with Crippen LogP contribution < -0.4 is 4.90 Å². The van der Waals surface area contributed by atoms with Crippen LogP contribution in [0.25, 0.3) is 0 Å². The first-order chi connectivity index (χ1) is 11.9. The van der Waals surface area contributed by atoms with Gasteiger partial charge in [-0.15, -0.1) is 0 Å². The van der Waals surface area contributed by atoms with Gasteiger partial charge in [0.05, 0.1) is 0 Å². The maximum atomic E-state index is 4.44. The van der Waals surface area contributed by atoms with Gasteiger partial charge in [0.2, 0.25) is 5.95 Å². The lowest BCUT2D eigenvalue weighted by Crippen LogP contribution is -2.34. The number of nitrogens with zero attached hydrogens (tertiary/aromatic N) is 5. The second kappa shape index (κ2) is 7.50. The largest absolute Gasteiger partial charge is 0.347 e. The molecule has 5 nitrogen and oxygen atoms in total. The van der Waals surface area contributed by atoms with Crippen LogP contribution >= 0.6 is 0 Å². The van der Waals surface area contributed by atoms with E-state index in [0.29, 0.717) is 12.0 Å². The summed E-state index contributed by atoms with van der Waals surface area (Å²) in [6.07, 6.45) is 3.90. The first-order valence-corrected chi connectivity index (χ1v) is 8.87. The van der Waals surface area contributed by atoms with Crippen molar-refractivity contribution in [1.82, 2.24) is 19.8 Å². The zero-order valence-corrected chi connectivity index (χ0v) is 16.0. The first kappa shape index (κ1) is 17.8. The molecule has 25 heavy (non-hydrogen) atoms. The monoisotopic (exact) mass is 339 g/mol. The number of benzene rings is 1. The van der Waals surface area contributed by atoms with Gasteiger partial charge in [-0.2, -0.15) is 0 Å². The molecule has 134 valence electrons. The highest BCUT2D eigenvalue weighted by Crippen LogP contribution is 2.31. The topological polar surface area (TPSA) is 35.5 Å². The molecule has 2 aromatic rings. The normalized spacial score (nSPS) is 21.0. The van der Waals surface area contributed by atoms with E-state index in [4.69, 9.17) is 0 Å². The Kier molecular flexibility index (Phi) is 5.35. The van der Waals surface area contributed by atoms with E-state index in [9.17, 15) is 0 Å². The minimum Gasteiger partial charge on any atom is -0.347 e. The molecule has 1 aromatic carbocycles. The molecule has 3 rings (SSSR count). The molecule has 1 aliphatic rings. The summed E-state index contributed by atoms with van der Waals surface area (Å²) < 4.78 is 0. The number of likely N-dealkylation sites (tertiary alicyclic amines) is 1. The van der Waals surface area contributed by atoms with Gasteiger partial charge in [-0.1, -0.05) is 29.8 Å². The summed E-state index contributed by atoms with van der Waals surface area (Å²) in [7, 11) is 8.29. The highest BCUT2D eigenvalue weighted by atomic mass is 15.2. The van der Waals surface area contributed by atoms with Crippen LogP contribution in [0.1, 0.15) is 22.6 Å². The summed E-state index contributed by atoms with van der Waals surface area (Å²) in [6.45, 7) is 5.19. The highest BCUT2D eigenvalue weighted by molar-refractivity contribution is 5.29. The lowest BCUT2D eigenvalue weighted by atomic mass is 9.93. The van der Waals surface area contributed by atoms with Gasteiger partial charge in [0.1, 0.15) is 0 Å². The molecular formula is C20H29N5. The van der Waals surface area contributed by atoms with E-state index in [1.807, 2.05) is 31.4 Å². The van der Waals surface area contributed by atoms with E-state index < -0.39 is 0 Å². The zero-order valence-electron chi connectivity index (χ0n) is 16.0. The number of rotatable bonds is 5. The van der Waals surface area contributed by atoms with Gasteiger partial charge in [-0.3, -0.25) is 4.90 Å². The molecule has 0 aliphatic carbocycles. The van der Waals surface area contributed by atoms with Crippen molar-refractivity contribution in [3.8, 4) is 0 Å². The zero-order chi connectivity index (χ0) is 18.0. The molecule has 1 aliphatic heterocycles. The summed E-state index contributed by atoms with van der Waals surface area (Å²) in [5.41, 5.74) is 3.93. The Morgan fingerprint density at radius 1 is 1.00 bits per heavy atom. The van der Waals surface area contributed by atoms with Crippen LogP contribution in [0.15, 0.2) is 36.7 Å². The number of aromatic nitrogens is 2. The second-order valence-corrected chi connectivity index (χ2v) is 7.53. The Labute approximate surface area is 151 Å². The Balaban J connectivity index is 1.72. The predicted molar refractivity (Wildman–Crippen MR) is 103 cm³/mol. The van der Waals surface area contributed by atoms with Gasteiger partial charge in [-0.05, 0) is 26.6 Å². The van der Waals surface area contributed by atoms with E-state index >= 15 is 0 Å². The summed E-state index contributed by atoms with van der Waals surface area (Å²) in [5, 5.41) is 0. The summed E-state index contributed by atoms with van der Waals surface area (Å²) in [4.78, 5) is 15.7. The molecule has 2 atom stereocenters. The molecule has 1 aromatic heterocycles. The van der Waals surface area contributed by atoms with E-state index in [1.54, 1.807) is 0 Å². The molecule has 2 heterocycles. The fourth-order valence-electron chi connectivity index (χ4n) is 3.58. The third-order valence-corrected chi connectivity index (χ3v) is 5.03. The SMILES string of the molecule is Cc1ccc([C@@H]2CN(Cc3cnc(N(C)C)nc3)C[C@H]2N(C)C)cc1. The predicted octanol–water partition coefficient (Wildman–Crippen LogP) is 2.38. The lowest BCUT2D eigenvalue weighted by molar-refractivity contribution is 0.259. The van der Waals surface area contributed by atoms with Gasteiger partial charge >= 0.3 is 0 Å². The van der Waals surface area contributed by atoms with Crippen LogP contribution in [0, 0.1) is 6.92 Å². The number of hydrogen-bond donors (Lipinski definition) is 0. The Morgan fingerprint density at radius 2 is 1.64 bits per heavy atom. The van der Waals surface area contributed by atoms with Gasteiger partial charge in [0.15, 0.2) is 0 Å². The van der Waals surface area contributed by atoms with E-state index in [-0.39, 0.29) is 0 Å². The molecule has 1 fully saturated rings. The minimum absolute atomic E-state index is 0.532. The van der Waals surface area contributed by atoms with Crippen molar-refractivity contribution >= 4 is 5.95 Å². The van der Waals surface area contributed by atoms with Crippen molar-refractivity contribution < 1.29 is 0 Å². The molecule has 0 radical (unpaired) electrons. The Hall–Kier alpha value is -1.98. The molecule has 0 N–H and O–H groups in total. The molecule has 0 bridgehead atoms. The average molecular weight is 339 g/mol. The average Bonchev–Trinajstić information content (AvgIpc) is 3.00. The molecule has 0 saturated carbocycles. The van der Waals surface area contributed by atoms with Crippen molar-refractivity contribution in [3.05, 3.63) is 53.3 Å². The molecule has 1 saturated heterocycles. The van der Waals surface area contributed by atoms with Gasteiger partial charge in [-0.25, -0.2) is 9.97 Å². The van der Waals surface area contributed by atoms with Crippen LogP contribution in [-0.4, -0.2) is 67.1 Å². The summed E-state index contributed by atoms with van der Waals surface area (Å²) in [6, 6.07) is 9.55. The maximum absolute atomic E-state index is 4.44. The Bertz CT molecular complexity index is 678. The molecular weight excluding hydrogens is 310 g/mol. The van der Waals surface area contributed by atoms with Gasteiger partial charge in [0.25, 0.3) is 0 Å². The van der Waals surface area contributed by atoms with Gasteiger partial charge in [0, 0.05) is 63.6 Å². The minimum atomic E-state index is 0.532. The van der Waals surface area contributed by atoms with Crippen molar-refractivity contribution in [2.24, 2.45) is 0 Å². The molecule has 0 spiro atoms.